The van der Waals surface area contributed by atoms with Crippen LogP contribution in [-0.2, 0) is 26.0 Å². The summed E-state index contributed by atoms with van der Waals surface area (Å²) in [6, 6.07) is 3.81. The first kappa shape index (κ1) is 24.2. The fourth-order valence-corrected chi connectivity index (χ4v) is 6.04. The van der Waals surface area contributed by atoms with Crippen LogP contribution in [0.15, 0.2) is 36.4 Å². The Kier molecular flexibility index (Phi) is 6.13. The Labute approximate surface area is 200 Å². The number of benzene rings is 2. The molecule has 3 aliphatic rings. The van der Waals surface area contributed by atoms with Crippen LogP contribution >= 0.6 is 0 Å². The van der Waals surface area contributed by atoms with E-state index in [4.69, 9.17) is 4.74 Å². The van der Waals surface area contributed by atoms with Crippen molar-refractivity contribution in [3.63, 3.8) is 0 Å². The van der Waals surface area contributed by atoms with E-state index in [1.807, 2.05) is 0 Å². The Balaban J connectivity index is 1.55. The predicted molar refractivity (Wildman–Crippen MR) is 119 cm³/mol. The van der Waals surface area contributed by atoms with Gasteiger partial charge in [0, 0.05) is 35.5 Å². The molecule has 6 nitrogen and oxygen atoms in total. The topological polar surface area (TPSA) is 75.7 Å². The van der Waals surface area contributed by atoms with Crippen molar-refractivity contribution in [3.05, 3.63) is 59.4 Å². The molecule has 1 aliphatic carbocycles. The Morgan fingerprint density at radius 2 is 1.86 bits per heavy atom. The monoisotopic (exact) mass is 512 g/mol. The summed E-state index contributed by atoms with van der Waals surface area (Å²) in [7, 11) is -4.30. The van der Waals surface area contributed by atoms with Crippen molar-refractivity contribution < 1.29 is 35.5 Å². The summed E-state index contributed by atoms with van der Waals surface area (Å²) in [5.41, 5.74) is -1.15. The molecular weight excluding hydrogens is 488 g/mol. The minimum Gasteiger partial charge on any atom is -0.368 e. The summed E-state index contributed by atoms with van der Waals surface area (Å²) < 4.78 is 89.7. The average molecular weight is 513 g/mol. The molecule has 11 heteroatoms. The second kappa shape index (κ2) is 8.86. The largest absolute Gasteiger partial charge is 0.368 e. The van der Waals surface area contributed by atoms with Crippen LogP contribution in [0.4, 0.5) is 17.6 Å². The van der Waals surface area contributed by atoms with E-state index in [-0.39, 0.29) is 35.6 Å². The lowest BCUT2D eigenvalue weighted by Crippen LogP contribution is -2.53. The Hall–Kier alpha value is -2.50. The van der Waals surface area contributed by atoms with E-state index in [1.54, 1.807) is 0 Å². The van der Waals surface area contributed by atoms with E-state index >= 15 is 4.39 Å². The van der Waals surface area contributed by atoms with Crippen molar-refractivity contribution in [2.45, 2.75) is 43.9 Å². The van der Waals surface area contributed by atoms with Crippen LogP contribution < -0.4 is 4.72 Å². The Bertz CT molecular complexity index is 1260. The van der Waals surface area contributed by atoms with Crippen LogP contribution in [0.3, 0.4) is 0 Å². The summed E-state index contributed by atoms with van der Waals surface area (Å²) in [6.45, 7) is 0.620. The molecule has 2 aromatic rings. The highest BCUT2D eigenvalue weighted by molar-refractivity contribution is 7.89. The van der Waals surface area contributed by atoms with E-state index in [9.17, 15) is 26.4 Å². The standard InChI is InChI=1S/C24H24F4N2O4S/c25-13-35(32,33)29-22-19(30(12-24(22)6-7-24)23(31)20-5-8-34-20)10-14-9-15(26)11-17(21(14)28)16-3-1-2-4-18(16)27/h1-4,9,11,19-20,22,29H,5-8,10,12-13H2/t19-,20+,22+/m0/s1. The van der Waals surface area contributed by atoms with Crippen LogP contribution in [0.2, 0.25) is 0 Å². The molecule has 3 fully saturated rings. The normalized spacial score (nSPS) is 25.0. The van der Waals surface area contributed by atoms with Gasteiger partial charge in [-0.15, -0.1) is 0 Å². The number of nitrogens with one attached hydrogen (secondary N) is 1. The molecule has 5 rings (SSSR count). The first-order chi connectivity index (χ1) is 16.6. The average Bonchev–Trinajstić information content (AvgIpc) is 3.50. The molecule has 2 aromatic carbocycles. The number of nitrogens with zero attached hydrogens (tertiary/aromatic N) is 1. The summed E-state index contributed by atoms with van der Waals surface area (Å²) in [5.74, 6) is -2.76. The molecule has 2 heterocycles. The zero-order valence-corrected chi connectivity index (χ0v) is 19.5. The number of alkyl halides is 1. The van der Waals surface area contributed by atoms with Crippen molar-refractivity contribution in [2.24, 2.45) is 5.41 Å². The number of carbonyl (C=O) groups excluding carboxylic acids is 1. The van der Waals surface area contributed by atoms with Crippen molar-refractivity contribution in [2.75, 3.05) is 19.2 Å². The zero-order chi connectivity index (χ0) is 25.0. The van der Waals surface area contributed by atoms with Crippen LogP contribution in [0, 0.1) is 22.9 Å². The smallest absolute Gasteiger partial charge is 0.252 e. The third kappa shape index (κ3) is 4.45. The van der Waals surface area contributed by atoms with Gasteiger partial charge >= 0.3 is 0 Å². The highest BCUT2D eigenvalue weighted by Crippen LogP contribution is 2.56. The maximum absolute atomic E-state index is 15.6. The van der Waals surface area contributed by atoms with Crippen molar-refractivity contribution in [3.8, 4) is 11.1 Å². The van der Waals surface area contributed by atoms with Gasteiger partial charge in [-0.05, 0) is 43.0 Å². The van der Waals surface area contributed by atoms with Gasteiger partial charge in [0.15, 0.2) is 0 Å². The molecule has 3 atom stereocenters. The van der Waals surface area contributed by atoms with Gasteiger partial charge in [-0.1, -0.05) is 18.2 Å². The highest BCUT2D eigenvalue weighted by Gasteiger charge is 2.62. The van der Waals surface area contributed by atoms with Crippen molar-refractivity contribution >= 4 is 15.9 Å². The van der Waals surface area contributed by atoms with Gasteiger partial charge in [0.25, 0.3) is 5.91 Å². The molecule has 0 radical (unpaired) electrons. The molecule has 0 aromatic heterocycles. The molecule has 1 saturated carbocycles. The Morgan fingerprint density at radius 1 is 1.14 bits per heavy atom. The number of likely N-dealkylation sites (tertiary alicyclic amines) is 1. The summed E-state index contributed by atoms with van der Waals surface area (Å²) in [4.78, 5) is 14.6. The first-order valence-electron chi connectivity index (χ1n) is 11.3. The summed E-state index contributed by atoms with van der Waals surface area (Å²) in [6.07, 6.45) is 0.775. The van der Waals surface area contributed by atoms with E-state index < -0.39 is 57.1 Å². The molecule has 0 bridgehead atoms. The SMILES string of the molecule is O=C([C@H]1CCO1)N1CC2(CC2)[C@H](NS(=O)(=O)CF)[C@@H]1Cc1cc(F)cc(-c2ccccc2F)c1F. The number of sulfonamides is 1. The van der Waals surface area contributed by atoms with Gasteiger partial charge in [0.05, 0.1) is 12.6 Å². The fraction of sp³-hybridized carbons (Fsp3) is 0.458. The summed E-state index contributed by atoms with van der Waals surface area (Å²) in [5, 5.41) is 0. The number of amides is 1. The molecular formula is C24H24F4N2O4S. The first-order valence-corrected chi connectivity index (χ1v) is 13.0. The molecule has 1 spiro atoms. The maximum Gasteiger partial charge on any atom is 0.252 e. The van der Waals surface area contributed by atoms with Gasteiger partial charge < -0.3 is 9.64 Å². The number of hydrogen-bond acceptors (Lipinski definition) is 4. The second-order valence-corrected chi connectivity index (χ2v) is 11.2. The van der Waals surface area contributed by atoms with E-state index in [1.165, 1.54) is 23.1 Å². The van der Waals surface area contributed by atoms with Gasteiger partial charge in [-0.2, -0.15) is 0 Å². The molecule has 35 heavy (non-hydrogen) atoms. The minimum absolute atomic E-state index is 0.124. The molecule has 2 saturated heterocycles. The quantitative estimate of drug-likeness (QED) is 0.578. The van der Waals surface area contributed by atoms with E-state index in [2.05, 4.69) is 4.72 Å². The van der Waals surface area contributed by atoms with Gasteiger partial charge in [-0.3, -0.25) is 4.79 Å². The highest BCUT2D eigenvalue weighted by atomic mass is 32.2. The van der Waals surface area contributed by atoms with Crippen molar-refractivity contribution in [1.82, 2.24) is 9.62 Å². The van der Waals surface area contributed by atoms with Crippen LogP contribution in [-0.4, -0.2) is 56.6 Å². The minimum atomic E-state index is -4.30. The zero-order valence-electron chi connectivity index (χ0n) is 18.6. The van der Waals surface area contributed by atoms with Crippen LogP contribution in [0.1, 0.15) is 24.8 Å². The lowest BCUT2D eigenvalue weighted by molar-refractivity contribution is -0.157. The fourth-order valence-electron chi connectivity index (χ4n) is 5.18. The Morgan fingerprint density at radius 3 is 2.46 bits per heavy atom. The molecule has 2 aliphatic heterocycles. The second-order valence-electron chi connectivity index (χ2n) is 9.47. The van der Waals surface area contributed by atoms with Gasteiger partial charge in [0.1, 0.15) is 23.6 Å². The van der Waals surface area contributed by atoms with Crippen molar-refractivity contribution in [1.29, 1.82) is 0 Å². The number of hydrogen-bond donors (Lipinski definition) is 1. The van der Waals surface area contributed by atoms with Crippen LogP contribution in [0.5, 0.6) is 0 Å². The number of halogens is 4. The number of rotatable bonds is 7. The van der Waals surface area contributed by atoms with E-state index in [0.29, 0.717) is 25.9 Å². The van der Waals surface area contributed by atoms with Gasteiger partial charge in [-0.25, -0.2) is 30.7 Å². The number of ether oxygens (including phenoxy) is 1. The maximum atomic E-state index is 15.6. The lowest BCUT2D eigenvalue weighted by Gasteiger charge is -2.34. The molecule has 0 unspecified atom stereocenters. The van der Waals surface area contributed by atoms with Crippen LogP contribution in [0.25, 0.3) is 11.1 Å². The van der Waals surface area contributed by atoms with E-state index in [0.717, 1.165) is 18.2 Å². The molecule has 1 amide bonds. The third-order valence-electron chi connectivity index (χ3n) is 7.24. The number of carbonyl (C=O) groups is 1. The predicted octanol–water partition coefficient (Wildman–Crippen LogP) is 3.31. The summed E-state index contributed by atoms with van der Waals surface area (Å²) >= 11 is 0. The molecule has 188 valence electrons. The van der Waals surface area contributed by atoms with Gasteiger partial charge in [0.2, 0.25) is 16.0 Å². The molecule has 1 N–H and O–H groups in total. The third-order valence-corrected chi connectivity index (χ3v) is 8.14. The lowest BCUT2D eigenvalue weighted by atomic mass is 9.91.